The van der Waals surface area contributed by atoms with Crippen molar-refractivity contribution in [1.82, 2.24) is 5.32 Å². The molecule has 1 aromatic rings. The second-order valence-corrected chi connectivity index (χ2v) is 6.52. The average Bonchev–Trinajstić information content (AvgIpc) is 2.56. The number of amides is 1. The molecule has 1 aliphatic carbocycles. The Hall–Kier alpha value is -1.55. The Labute approximate surface area is 142 Å². The van der Waals surface area contributed by atoms with Crippen molar-refractivity contribution in [2.45, 2.75) is 51.5 Å². The van der Waals surface area contributed by atoms with E-state index in [1.54, 1.807) is 13.8 Å². The SMILES string of the molecule is CCOC(=O)[C@H](C)NC(=O)C1CCC(c2ccc(Cl)cc2)CC1. The molecule has 0 saturated heterocycles. The molecule has 0 aromatic heterocycles. The number of hydrogen-bond acceptors (Lipinski definition) is 3. The first-order valence-corrected chi connectivity index (χ1v) is 8.61. The summed E-state index contributed by atoms with van der Waals surface area (Å²) >= 11 is 5.92. The summed E-state index contributed by atoms with van der Waals surface area (Å²) in [5.41, 5.74) is 1.29. The van der Waals surface area contributed by atoms with Crippen LogP contribution in [0.1, 0.15) is 51.0 Å². The van der Waals surface area contributed by atoms with E-state index in [1.807, 2.05) is 12.1 Å². The van der Waals surface area contributed by atoms with Crippen LogP contribution in [0.2, 0.25) is 5.02 Å². The number of benzene rings is 1. The zero-order valence-corrected chi connectivity index (χ0v) is 14.4. The molecule has 2 rings (SSSR count). The first-order valence-electron chi connectivity index (χ1n) is 8.23. The third-order valence-electron chi connectivity index (χ3n) is 4.44. The fourth-order valence-corrected chi connectivity index (χ4v) is 3.21. The second-order valence-electron chi connectivity index (χ2n) is 6.08. The lowest BCUT2D eigenvalue weighted by atomic mass is 9.78. The molecule has 5 heteroatoms. The van der Waals surface area contributed by atoms with Gasteiger partial charge >= 0.3 is 5.97 Å². The molecule has 0 heterocycles. The summed E-state index contributed by atoms with van der Waals surface area (Å²) in [6.45, 7) is 3.74. The Morgan fingerprint density at radius 1 is 1.22 bits per heavy atom. The first-order chi connectivity index (χ1) is 11.0. The number of nitrogens with one attached hydrogen (secondary N) is 1. The molecule has 1 amide bonds. The monoisotopic (exact) mass is 337 g/mol. The quantitative estimate of drug-likeness (QED) is 0.834. The molecular formula is C18H24ClNO3. The predicted octanol–water partition coefficient (Wildman–Crippen LogP) is 3.68. The molecule has 0 unspecified atom stereocenters. The highest BCUT2D eigenvalue weighted by molar-refractivity contribution is 6.30. The van der Waals surface area contributed by atoms with Gasteiger partial charge in [-0.2, -0.15) is 0 Å². The molecule has 1 aromatic carbocycles. The lowest BCUT2D eigenvalue weighted by Crippen LogP contribution is -2.43. The van der Waals surface area contributed by atoms with Crippen LogP contribution in [0.5, 0.6) is 0 Å². The van der Waals surface area contributed by atoms with Gasteiger partial charge in [-0.05, 0) is 63.1 Å². The maximum absolute atomic E-state index is 12.3. The van der Waals surface area contributed by atoms with Crippen molar-refractivity contribution >= 4 is 23.5 Å². The number of carbonyl (C=O) groups is 2. The summed E-state index contributed by atoms with van der Waals surface area (Å²) in [6, 6.07) is 7.37. The Kier molecular flexibility index (Phi) is 6.46. The fraction of sp³-hybridized carbons (Fsp3) is 0.556. The van der Waals surface area contributed by atoms with Crippen molar-refractivity contribution in [2.75, 3.05) is 6.61 Å². The van der Waals surface area contributed by atoms with Crippen LogP contribution >= 0.6 is 11.6 Å². The Morgan fingerprint density at radius 3 is 2.39 bits per heavy atom. The van der Waals surface area contributed by atoms with Crippen molar-refractivity contribution < 1.29 is 14.3 Å². The van der Waals surface area contributed by atoms with Crippen LogP contribution in [-0.2, 0) is 14.3 Å². The highest BCUT2D eigenvalue weighted by Crippen LogP contribution is 2.36. The number of hydrogen-bond donors (Lipinski definition) is 1. The number of esters is 1. The number of halogens is 1. The molecule has 1 N–H and O–H groups in total. The van der Waals surface area contributed by atoms with E-state index < -0.39 is 6.04 Å². The van der Waals surface area contributed by atoms with Crippen LogP contribution in [0, 0.1) is 5.92 Å². The number of carbonyl (C=O) groups excluding carboxylic acids is 2. The number of rotatable bonds is 5. The minimum atomic E-state index is -0.587. The van der Waals surface area contributed by atoms with E-state index in [4.69, 9.17) is 16.3 Å². The van der Waals surface area contributed by atoms with Crippen molar-refractivity contribution in [1.29, 1.82) is 0 Å². The Morgan fingerprint density at radius 2 is 1.83 bits per heavy atom. The lowest BCUT2D eigenvalue weighted by molar-refractivity contribution is -0.147. The van der Waals surface area contributed by atoms with E-state index in [9.17, 15) is 9.59 Å². The summed E-state index contributed by atoms with van der Waals surface area (Å²) in [4.78, 5) is 23.8. The number of ether oxygens (including phenoxy) is 1. The molecule has 23 heavy (non-hydrogen) atoms. The topological polar surface area (TPSA) is 55.4 Å². The van der Waals surface area contributed by atoms with E-state index in [-0.39, 0.29) is 17.8 Å². The second kappa shape index (κ2) is 8.34. The minimum absolute atomic E-state index is 0.0181. The highest BCUT2D eigenvalue weighted by atomic mass is 35.5. The van der Waals surface area contributed by atoms with Gasteiger partial charge < -0.3 is 10.1 Å². The van der Waals surface area contributed by atoms with Crippen LogP contribution in [0.15, 0.2) is 24.3 Å². The van der Waals surface area contributed by atoms with Gasteiger partial charge in [-0.25, -0.2) is 4.79 Å². The van der Waals surface area contributed by atoms with Gasteiger partial charge in [-0.1, -0.05) is 23.7 Å². The van der Waals surface area contributed by atoms with E-state index in [2.05, 4.69) is 17.4 Å². The molecule has 1 atom stereocenters. The van der Waals surface area contributed by atoms with Gasteiger partial charge in [0.25, 0.3) is 0 Å². The molecule has 0 radical (unpaired) electrons. The van der Waals surface area contributed by atoms with E-state index in [0.717, 1.165) is 30.7 Å². The zero-order valence-electron chi connectivity index (χ0n) is 13.7. The molecule has 1 aliphatic rings. The van der Waals surface area contributed by atoms with Gasteiger partial charge in [0.05, 0.1) is 6.61 Å². The predicted molar refractivity (Wildman–Crippen MR) is 90.4 cm³/mol. The summed E-state index contributed by atoms with van der Waals surface area (Å²) in [6.07, 6.45) is 3.64. The first kappa shape index (κ1) is 17.8. The Bertz CT molecular complexity index is 536. The van der Waals surface area contributed by atoms with Crippen LogP contribution in [0.4, 0.5) is 0 Å². The lowest BCUT2D eigenvalue weighted by Gasteiger charge is -2.28. The molecule has 0 spiro atoms. The minimum Gasteiger partial charge on any atom is -0.464 e. The third-order valence-corrected chi connectivity index (χ3v) is 4.69. The summed E-state index contributed by atoms with van der Waals surface area (Å²) in [7, 11) is 0. The molecular weight excluding hydrogens is 314 g/mol. The van der Waals surface area contributed by atoms with Gasteiger partial charge in [0.15, 0.2) is 0 Å². The van der Waals surface area contributed by atoms with Crippen LogP contribution in [0.25, 0.3) is 0 Å². The Balaban J connectivity index is 1.82. The summed E-state index contributed by atoms with van der Waals surface area (Å²) in [5, 5.41) is 3.51. The van der Waals surface area contributed by atoms with Crippen molar-refractivity contribution in [3.63, 3.8) is 0 Å². The summed E-state index contributed by atoms with van der Waals surface area (Å²) < 4.78 is 4.91. The molecule has 126 valence electrons. The fourth-order valence-electron chi connectivity index (χ4n) is 3.08. The van der Waals surface area contributed by atoms with Gasteiger partial charge in [0.1, 0.15) is 6.04 Å². The maximum atomic E-state index is 12.3. The van der Waals surface area contributed by atoms with Gasteiger partial charge in [0.2, 0.25) is 5.91 Å². The van der Waals surface area contributed by atoms with E-state index in [0.29, 0.717) is 12.5 Å². The standard InChI is InChI=1S/C18H24ClNO3/c1-3-23-18(22)12(2)20-17(21)15-6-4-13(5-7-15)14-8-10-16(19)11-9-14/h8-13,15H,3-7H2,1-2H3,(H,20,21)/t12-,13?,15?/m0/s1. The van der Waals surface area contributed by atoms with E-state index >= 15 is 0 Å². The van der Waals surface area contributed by atoms with Gasteiger partial charge in [0, 0.05) is 10.9 Å². The van der Waals surface area contributed by atoms with Crippen LogP contribution in [-0.4, -0.2) is 24.5 Å². The van der Waals surface area contributed by atoms with E-state index in [1.165, 1.54) is 5.56 Å². The molecule has 0 aliphatic heterocycles. The zero-order chi connectivity index (χ0) is 16.8. The maximum Gasteiger partial charge on any atom is 0.328 e. The largest absolute Gasteiger partial charge is 0.464 e. The molecule has 1 fully saturated rings. The normalized spacial score (nSPS) is 22.2. The van der Waals surface area contributed by atoms with Crippen molar-refractivity contribution in [2.24, 2.45) is 5.92 Å². The molecule has 1 saturated carbocycles. The van der Waals surface area contributed by atoms with Crippen molar-refractivity contribution in [3.8, 4) is 0 Å². The van der Waals surface area contributed by atoms with Crippen LogP contribution < -0.4 is 5.32 Å². The van der Waals surface area contributed by atoms with Crippen LogP contribution in [0.3, 0.4) is 0 Å². The summed E-state index contributed by atoms with van der Waals surface area (Å²) in [5.74, 6) is 0.0463. The smallest absolute Gasteiger partial charge is 0.328 e. The highest BCUT2D eigenvalue weighted by Gasteiger charge is 2.28. The molecule has 0 bridgehead atoms. The average molecular weight is 338 g/mol. The molecule has 4 nitrogen and oxygen atoms in total. The van der Waals surface area contributed by atoms with Gasteiger partial charge in [-0.3, -0.25) is 4.79 Å². The van der Waals surface area contributed by atoms with Crippen molar-refractivity contribution in [3.05, 3.63) is 34.9 Å². The third kappa shape index (κ3) is 4.96. The van der Waals surface area contributed by atoms with Gasteiger partial charge in [-0.15, -0.1) is 0 Å².